The Balaban J connectivity index is 3.52. The normalized spacial score (nSPS) is 9.93. The summed E-state index contributed by atoms with van der Waals surface area (Å²) in [4.78, 5) is 21.3. The molecule has 0 heterocycles. The van der Waals surface area contributed by atoms with Crippen LogP contribution < -0.4 is 0 Å². The van der Waals surface area contributed by atoms with E-state index in [1.54, 1.807) is 13.0 Å². The Morgan fingerprint density at radius 3 is 2.50 bits per heavy atom. The number of benzene rings is 1. The number of ketones is 1. The van der Waals surface area contributed by atoms with Gasteiger partial charge in [0.05, 0.1) is 15.0 Å². The Kier molecular flexibility index (Phi) is 3.00. The number of hydrogen-bond donors (Lipinski definition) is 0. The molecule has 1 rings (SSSR count). The van der Waals surface area contributed by atoms with Crippen molar-refractivity contribution in [2.75, 3.05) is 0 Å². The number of carbonyl (C=O) groups excluding carboxylic acids is 1. The zero-order chi connectivity index (χ0) is 10.9. The number of nitro groups is 1. The Morgan fingerprint density at radius 1 is 1.50 bits per heavy atom. The third-order valence-electron chi connectivity index (χ3n) is 1.77. The van der Waals surface area contributed by atoms with E-state index in [-0.39, 0.29) is 17.0 Å². The molecule has 1 aromatic rings. The van der Waals surface area contributed by atoms with E-state index in [4.69, 9.17) is 0 Å². The molecule has 0 aliphatic rings. The summed E-state index contributed by atoms with van der Waals surface area (Å²) in [6.45, 7) is 3.09. The summed E-state index contributed by atoms with van der Waals surface area (Å²) in [7, 11) is 0. The van der Waals surface area contributed by atoms with Crippen molar-refractivity contribution in [1.82, 2.24) is 0 Å². The highest BCUT2D eigenvalue weighted by Crippen LogP contribution is 2.30. The Hall–Kier alpha value is -1.23. The van der Waals surface area contributed by atoms with Crippen molar-refractivity contribution in [2.45, 2.75) is 13.8 Å². The van der Waals surface area contributed by atoms with Crippen LogP contribution in [0.1, 0.15) is 22.8 Å². The number of carbonyl (C=O) groups is 1. The minimum Gasteiger partial charge on any atom is -0.294 e. The van der Waals surface area contributed by atoms with E-state index in [0.29, 0.717) is 4.47 Å². The van der Waals surface area contributed by atoms with Gasteiger partial charge in [-0.25, -0.2) is 0 Å². The van der Waals surface area contributed by atoms with Crippen molar-refractivity contribution in [2.24, 2.45) is 0 Å². The lowest BCUT2D eigenvalue weighted by Crippen LogP contribution is -2.01. The first-order valence-electron chi connectivity index (χ1n) is 3.89. The van der Waals surface area contributed by atoms with E-state index < -0.39 is 4.92 Å². The molecule has 0 aromatic heterocycles. The minimum absolute atomic E-state index is 0.141. The molecule has 4 nitrogen and oxygen atoms in total. The molecule has 0 saturated heterocycles. The molecule has 14 heavy (non-hydrogen) atoms. The molecule has 1 aromatic carbocycles. The number of halogens is 1. The van der Waals surface area contributed by atoms with Gasteiger partial charge in [0, 0.05) is 0 Å². The fourth-order valence-corrected chi connectivity index (χ4v) is 1.91. The van der Waals surface area contributed by atoms with Crippen molar-refractivity contribution in [3.8, 4) is 0 Å². The van der Waals surface area contributed by atoms with Gasteiger partial charge in [-0.2, -0.15) is 0 Å². The second kappa shape index (κ2) is 3.88. The molecule has 0 aliphatic carbocycles. The number of aryl methyl sites for hydroxylation is 1. The smallest absolute Gasteiger partial charge is 0.294 e. The highest BCUT2D eigenvalue weighted by molar-refractivity contribution is 9.10. The van der Waals surface area contributed by atoms with Gasteiger partial charge in [-0.1, -0.05) is 0 Å². The van der Waals surface area contributed by atoms with E-state index in [2.05, 4.69) is 15.9 Å². The molecule has 0 fully saturated rings. The van der Waals surface area contributed by atoms with Gasteiger partial charge in [-0.3, -0.25) is 14.9 Å². The number of nitrogens with zero attached hydrogens (tertiary/aromatic N) is 1. The van der Waals surface area contributed by atoms with E-state index in [0.717, 1.165) is 5.56 Å². The van der Waals surface area contributed by atoms with Crippen molar-refractivity contribution >= 4 is 27.4 Å². The predicted molar refractivity (Wildman–Crippen MR) is 55.5 cm³/mol. The Bertz CT molecular complexity index is 415. The summed E-state index contributed by atoms with van der Waals surface area (Å²) in [5.74, 6) is -0.305. The third-order valence-corrected chi connectivity index (χ3v) is 2.37. The van der Waals surface area contributed by atoms with Gasteiger partial charge in [0.15, 0.2) is 5.78 Å². The summed E-state index contributed by atoms with van der Waals surface area (Å²) >= 11 is 3.07. The maximum absolute atomic E-state index is 11.1. The molecule has 0 atom stereocenters. The predicted octanol–water partition coefficient (Wildman–Crippen LogP) is 2.87. The fourth-order valence-electron chi connectivity index (χ4n) is 1.19. The Morgan fingerprint density at radius 2 is 2.07 bits per heavy atom. The van der Waals surface area contributed by atoms with Gasteiger partial charge in [0.2, 0.25) is 0 Å². The first-order chi connectivity index (χ1) is 6.43. The van der Waals surface area contributed by atoms with Crippen molar-refractivity contribution in [1.29, 1.82) is 0 Å². The van der Waals surface area contributed by atoms with Crippen LogP contribution in [0.3, 0.4) is 0 Å². The maximum atomic E-state index is 11.1. The van der Waals surface area contributed by atoms with Gasteiger partial charge in [0.1, 0.15) is 0 Å². The lowest BCUT2D eigenvalue weighted by Gasteiger charge is -2.02. The Labute approximate surface area is 89.2 Å². The second-order valence-corrected chi connectivity index (χ2v) is 3.81. The van der Waals surface area contributed by atoms with Crippen LogP contribution in [0.15, 0.2) is 16.6 Å². The highest BCUT2D eigenvalue weighted by atomic mass is 79.9. The van der Waals surface area contributed by atoms with Gasteiger partial charge >= 0.3 is 0 Å². The van der Waals surface area contributed by atoms with E-state index in [9.17, 15) is 14.9 Å². The SMILES string of the molecule is CC(=O)c1cc(C)cc(Br)c1[N+](=O)[O-]. The van der Waals surface area contributed by atoms with Gasteiger partial charge < -0.3 is 0 Å². The molecule has 0 N–H and O–H groups in total. The summed E-state index contributed by atoms with van der Waals surface area (Å²) in [6.07, 6.45) is 0. The van der Waals surface area contributed by atoms with Crippen molar-refractivity contribution in [3.63, 3.8) is 0 Å². The molecule has 0 bridgehead atoms. The van der Waals surface area contributed by atoms with Gasteiger partial charge in [-0.05, 0) is 47.5 Å². The van der Waals surface area contributed by atoms with E-state index in [1.807, 2.05) is 0 Å². The molecule has 0 amide bonds. The van der Waals surface area contributed by atoms with Crippen LogP contribution in [0, 0.1) is 17.0 Å². The number of nitro benzene ring substituents is 1. The molecule has 74 valence electrons. The first-order valence-corrected chi connectivity index (χ1v) is 4.68. The van der Waals surface area contributed by atoms with E-state index >= 15 is 0 Å². The van der Waals surface area contributed by atoms with Crippen LogP contribution >= 0.6 is 15.9 Å². The van der Waals surface area contributed by atoms with Crippen LogP contribution in [-0.4, -0.2) is 10.7 Å². The minimum atomic E-state index is -0.555. The fraction of sp³-hybridized carbons (Fsp3) is 0.222. The standard InChI is InChI=1S/C9H8BrNO3/c1-5-3-7(6(2)12)9(11(13)14)8(10)4-5/h3-4H,1-2H3. The van der Waals surface area contributed by atoms with Gasteiger partial charge in [0.25, 0.3) is 5.69 Å². The summed E-state index contributed by atoms with van der Waals surface area (Å²) < 4.78 is 0.340. The summed E-state index contributed by atoms with van der Waals surface area (Å²) in [6, 6.07) is 3.13. The number of hydrogen-bond acceptors (Lipinski definition) is 3. The number of Topliss-reactive ketones (excluding diaryl/α,β-unsaturated/α-hetero) is 1. The van der Waals surface area contributed by atoms with Crippen LogP contribution in [-0.2, 0) is 0 Å². The molecule has 0 spiro atoms. The van der Waals surface area contributed by atoms with Crippen molar-refractivity contribution in [3.05, 3.63) is 37.8 Å². The third kappa shape index (κ3) is 1.98. The van der Waals surface area contributed by atoms with Gasteiger partial charge in [-0.15, -0.1) is 0 Å². The lowest BCUT2D eigenvalue weighted by molar-refractivity contribution is -0.385. The van der Waals surface area contributed by atoms with Crippen LogP contribution in [0.2, 0.25) is 0 Å². The van der Waals surface area contributed by atoms with Crippen molar-refractivity contribution < 1.29 is 9.72 Å². The molecular formula is C9H8BrNO3. The van der Waals surface area contributed by atoms with Crippen LogP contribution in [0.5, 0.6) is 0 Å². The first kappa shape index (κ1) is 10.8. The largest absolute Gasteiger partial charge is 0.294 e. The topological polar surface area (TPSA) is 60.2 Å². The average molecular weight is 258 g/mol. The average Bonchev–Trinajstić information content (AvgIpc) is 2.01. The second-order valence-electron chi connectivity index (χ2n) is 2.96. The van der Waals surface area contributed by atoms with Crippen LogP contribution in [0.4, 0.5) is 5.69 Å². The molecule has 0 saturated carbocycles. The van der Waals surface area contributed by atoms with E-state index in [1.165, 1.54) is 13.0 Å². The lowest BCUT2D eigenvalue weighted by atomic mass is 10.1. The summed E-state index contributed by atoms with van der Waals surface area (Å²) in [5, 5.41) is 10.7. The molecule has 0 aliphatic heterocycles. The molecule has 5 heteroatoms. The monoisotopic (exact) mass is 257 g/mol. The zero-order valence-corrected chi connectivity index (χ0v) is 9.29. The number of rotatable bonds is 2. The summed E-state index contributed by atoms with van der Waals surface area (Å²) in [5.41, 5.74) is 0.789. The zero-order valence-electron chi connectivity index (χ0n) is 7.70. The maximum Gasteiger partial charge on any atom is 0.294 e. The quantitative estimate of drug-likeness (QED) is 0.465. The highest BCUT2D eigenvalue weighted by Gasteiger charge is 2.21. The van der Waals surface area contributed by atoms with Crippen LogP contribution in [0.25, 0.3) is 0 Å². The molecule has 0 unspecified atom stereocenters. The molecular weight excluding hydrogens is 250 g/mol. The molecule has 0 radical (unpaired) electrons.